The van der Waals surface area contributed by atoms with Gasteiger partial charge in [-0.25, -0.2) is 0 Å². The van der Waals surface area contributed by atoms with Crippen LogP contribution in [-0.2, 0) is 6.54 Å². The van der Waals surface area contributed by atoms with Gasteiger partial charge in [0, 0.05) is 29.2 Å². The number of rotatable bonds is 5. The zero-order chi connectivity index (χ0) is 10.4. The van der Waals surface area contributed by atoms with Crippen molar-refractivity contribution in [1.29, 1.82) is 0 Å². The fraction of sp³-hybridized carbons (Fsp3) is 0.636. The Morgan fingerprint density at radius 1 is 1.43 bits per heavy atom. The lowest BCUT2D eigenvalue weighted by Gasteiger charge is -2.17. The SMILES string of the molecule is CC(C)(C)SCCNCc1ccoc1. The van der Waals surface area contributed by atoms with Crippen LogP contribution in [0.4, 0.5) is 0 Å². The first-order valence-electron chi connectivity index (χ1n) is 4.94. The van der Waals surface area contributed by atoms with Crippen LogP contribution in [0.1, 0.15) is 26.3 Å². The Morgan fingerprint density at radius 3 is 2.79 bits per heavy atom. The lowest BCUT2D eigenvalue weighted by atomic mass is 10.3. The second-order valence-corrected chi connectivity index (χ2v) is 6.19. The van der Waals surface area contributed by atoms with E-state index < -0.39 is 0 Å². The van der Waals surface area contributed by atoms with Crippen LogP contribution in [0.2, 0.25) is 0 Å². The summed E-state index contributed by atoms with van der Waals surface area (Å²) < 4.78 is 5.35. The third-order valence-electron chi connectivity index (χ3n) is 1.72. The van der Waals surface area contributed by atoms with E-state index in [2.05, 4.69) is 26.1 Å². The molecule has 0 amide bonds. The van der Waals surface area contributed by atoms with Gasteiger partial charge in [0.25, 0.3) is 0 Å². The highest BCUT2D eigenvalue weighted by molar-refractivity contribution is 8.00. The molecule has 80 valence electrons. The maximum absolute atomic E-state index is 4.98. The summed E-state index contributed by atoms with van der Waals surface area (Å²) >= 11 is 1.98. The van der Waals surface area contributed by atoms with E-state index in [1.54, 1.807) is 12.5 Å². The minimum Gasteiger partial charge on any atom is -0.472 e. The van der Waals surface area contributed by atoms with Gasteiger partial charge in [-0.1, -0.05) is 20.8 Å². The predicted molar refractivity (Wildman–Crippen MR) is 62.6 cm³/mol. The molecule has 0 aliphatic heterocycles. The molecule has 1 aromatic rings. The third kappa shape index (κ3) is 5.35. The lowest BCUT2D eigenvalue weighted by molar-refractivity contribution is 0.561. The fourth-order valence-corrected chi connectivity index (χ4v) is 1.91. The number of nitrogens with one attached hydrogen (secondary N) is 1. The molecule has 0 radical (unpaired) electrons. The largest absolute Gasteiger partial charge is 0.472 e. The molecule has 0 saturated carbocycles. The summed E-state index contributed by atoms with van der Waals surface area (Å²) in [6, 6.07) is 1.99. The second kappa shape index (κ2) is 5.47. The molecule has 0 atom stereocenters. The average Bonchev–Trinajstić information content (AvgIpc) is 2.54. The van der Waals surface area contributed by atoms with E-state index in [1.165, 1.54) is 5.56 Å². The molecule has 0 unspecified atom stereocenters. The monoisotopic (exact) mass is 213 g/mol. The number of thioether (sulfide) groups is 1. The van der Waals surface area contributed by atoms with E-state index in [9.17, 15) is 0 Å². The van der Waals surface area contributed by atoms with Crippen molar-refractivity contribution in [2.45, 2.75) is 32.1 Å². The molecule has 1 aromatic heterocycles. The van der Waals surface area contributed by atoms with Gasteiger partial charge in [-0.05, 0) is 6.07 Å². The van der Waals surface area contributed by atoms with Gasteiger partial charge >= 0.3 is 0 Å². The van der Waals surface area contributed by atoms with Gasteiger partial charge in [0.2, 0.25) is 0 Å². The van der Waals surface area contributed by atoms with Crippen molar-refractivity contribution in [3.8, 4) is 0 Å². The van der Waals surface area contributed by atoms with Crippen LogP contribution in [0.25, 0.3) is 0 Å². The molecular formula is C11H19NOS. The standard InChI is InChI=1S/C11H19NOS/c1-11(2,3)14-7-5-12-8-10-4-6-13-9-10/h4,6,9,12H,5,7-8H2,1-3H3. The molecule has 14 heavy (non-hydrogen) atoms. The van der Waals surface area contributed by atoms with Crippen molar-refractivity contribution in [2.75, 3.05) is 12.3 Å². The second-order valence-electron chi connectivity index (χ2n) is 4.27. The van der Waals surface area contributed by atoms with Crippen LogP contribution in [0.5, 0.6) is 0 Å². The van der Waals surface area contributed by atoms with Crippen molar-refractivity contribution < 1.29 is 4.42 Å². The molecule has 3 heteroatoms. The molecule has 0 saturated heterocycles. The summed E-state index contributed by atoms with van der Waals surface area (Å²) in [5.74, 6) is 1.15. The van der Waals surface area contributed by atoms with Crippen LogP contribution >= 0.6 is 11.8 Å². The first-order valence-corrected chi connectivity index (χ1v) is 5.92. The number of furan rings is 1. The molecule has 0 bridgehead atoms. The Kier molecular flexibility index (Phi) is 4.55. The van der Waals surface area contributed by atoms with Gasteiger partial charge in [-0.15, -0.1) is 0 Å². The summed E-state index contributed by atoms with van der Waals surface area (Å²) in [7, 11) is 0. The van der Waals surface area contributed by atoms with Crippen molar-refractivity contribution in [3.05, 3.63) is 24.2 Å². The highest BCUT2D eigenvalue weighted by Gasteiger charge is 2.08. The molecule has 0 spiro atoms. The summed E-state index contributed by atoms with van der Waals surface area (Å²) in [5, 5.41) is 3.38. The van der Waals surface area contributed by atoms with Crippen LogP contribution in [-0.4, -0.2) is 17.0 Å². The van der Waals surface area contributed by atoms with Crippen LogP contribution in [0.3, 0.4) is 0 Å². The smallest absolute Gasteiger partial charge is 0.0947 e. The normalized spacial score (nSPS) is 11.9. The topological polar surface area (TPSA) is 25.2 Å². The molecular weight excluding hydrogens is 194 g/mol. The predicted octanol–water partition coefficient (Wildman–Crippen LogP) is 2.90. The molecule has 1 N–H and O–H groups in total. The van der Waals surface area contributed by atoms with Crippen LogP contribution in [0.15, 0.2) is 23.0 Å². The van der Waals surface area contributed by atoms with Gasteiger partial charge in [0.1, 0.15) is 0 Å². The van der Waals surface area contributed by atoms with Gasteiger partial charge in [0.05, 0.1) is 12.5 Å². The van der Waals surface area contributed by atoms with Crippen LogP contribution in [0, 0.1) is 0 Å². The molecule has 1 heterocycles. The molecule has 0 fully saturated rings. The van der Waals surface area contributed by atoms with E-state index in [4.69, 9.17) is 4.42 Å². The Bertz CT molecular complexity index is 238. The van der Waals surface area contributed by atoms with E-state index in [0.717, 1.165) is 18.8 Å². The molecule has 1 rings (SSSR count). The van der Waals surface area contributed by atoms with Gasteiger partial charge < -0.3 is 9.73 Å². The molecule has 0 aliphatic carbocycles. The molecule has 0 aromatic carbocycles. The molecule has 0 aliphatic rings. The van der Waals surface area contributed by atoms with Crippen molar-refractivity contribution in [3.63, 3.8) is 0 Å². The summed E-state index contributed by atoms with van der Waals surface area (Å²) in [4.78, 5) is 0. The summed E-state index contributed by atoms with van der Waals surface area (Å²) in [6.45, 7) is 8.68. The quantitative estimate of drug-likeness (QED) is 0.761. The Morgan fingerprint density at radius 2 is 2.21 bits per heavy atom. The third-order valence-corrected chi connectivity index (χ3v) is 3.00. The van der Waals surface area contributed by atoms with Gasteiger partial charge in [-0.2, -0.15) is 11.8 Å². The van der Waals surface area contributed by atoms with Crippen molar-refractivity contribution >= 4 is 11.8 Å². The first-order chi connectivity index (χ1) is 6.58. The fourth-order valence-electron chi connectivity index (χ4n) is 1.06. The van der Waals surface area contributed by atoms with Crippen molar-refractivity contribution in [2.24, 2.45) is 0 Å². The first kappa shape index (κ1) is 11.7. The zero-order valence-electron chi connectivity index (χ0n) is 9.17. The Hall–Kier alpha value is -0.410. The summed E-state index contributed by atoms with van der Waals surface area (Å²) in [6.07, 6.45) is 3.49. The van der Waals surface area contributed by atoms with E-state index in [-0.39, 0.29) is 0 Å². The van der Waals surface area contributed by atoms with E-state index >= 15 is 0 Å². The highest BCUT2D eigenvalue weighted by Crippen LogP contribution is 2.21. The average molecular weight is 213 g/mol. The maximum atomic E-state index is 4.98. The zero-order valence-corrected chi connectivity index (χ0v) is 9.99. The molecule has 2 nitrogen and oxygen atoms in total. The van der Waals surface area contributed by atoms with E-state index in [0.29, 0.717) is 4.75 Å². The minimum atomic E-state index is 0.372. The number of hydrogen-bond acceptors (Lipinski definition) is 3. The summed E-state index contributed by atoms with van der Waals surface area (Å²) in [5.41, 5.74) is 1.21. The lowest BCUT2D eigenvalue weighted by Crippen LogP contribution is -2.19. The van der Waals surface area contributed by atoms with Gasteiger partial charge in [0.15, 0.2) is 0 Å². The minimum absolute atomic E-state index is 0.372. The van der Waals surface area contributed by atoms with Crippen molar-refractivity contribution in [1.82, 2.24) is 5.32 Å². The number of hydrogen-bond donors (Lipinski definition) is 1. The maximum Gasteiger partial charge on any atom is 0.0947 e. The highest BCUT2D eigenvalue weighted by atomic mass is 32.2. The Balaban J connectivity index is 2.00. The van der Waals surface area contributed by atoms with Gasteiger partial charge in [-0.3, -0.25) is 0 Å². The van der Waals surface area contributed by atoms with E-state index in [1.807, 2.05) is 17.8 Å². The van der Waals surface area contributed by atoms with Crippen LogP contribution < -0.4 is 5.32 Å². The Labute approximate surface area is 90.5 Å².